The number of phenols is 1. The van der Waals surface area contributed by atoms with E-state index in [9.17, 15) is 5.11 Å². The van der Waals surface area contributed by atoms with Crippen molar-refractivity contribution in [1.29, 1.82) is 0 Å². The quantitative estimate of drug-likeness (QED) is 0.756. The van der Waals surface area contributed by atoms with Crippen LogP contribution in [0.5, 0.6) is 5.75 Å². The maximum Gasteiger partial charge on any atom is 0.100 e. The van der Waals surface area contributed by atoms with Gasteiger partial charge in [-0.3, -0.25) is 0 Å². The molecule has 89 valence electrons. The standard InChI is InChI=1S/C15H15O.Re/c1-12-3-2-4-13(6-5-12)11-14-7-9-15(16)10-8-14;/h2-12,16H,1H3;/q-1;. The van der Waals surface area contributed by atoms with Gasteiger partial charge in [-0.05, 0) is 5.92 Å². The predicted octanol–water partition coefficient (Wildman–Crippen LogP) is 3.63. The van der Waals surface area contributed by atoms with Gasteiger partial charge in [0, 0.05) is 20.4 Å². The Balaban J connectivity index is 0.00000144. The molecule has 1 nitrogen and oxygen atoms in total. The summed E-state index contributed by atoms with van der Waals surface area (Å²) in [6, 6.07) is 7.21. The molecule has 0 bridgehead atoms. The van der Waals surface area contributed by atoms with Crippen LogP contribution < -0.4 is 0 Å². The van der Waals surface area contributed by atoms with Crippen LogP contribution in [0, 0.1) is 12.3 Å². The van der Waals surface area contributed by atoms with Crippen molar-refractivity contribution in [2.24, 2.45) is 5.92 Å². The molecule has 2 rings (SSSR count). The van der Waals surface area contributed by atoms with Crippen molar-refractivity contribution >= 4 is 0 Å². The fraction of sp³-hybridized carbons (Fsp3) is 0.133. The molecule has 1 aromatic rings. The second-order valence-electron chi connectivity index (χ2n) is 4.01. The van der Waals surface area contributed by atoms with E-state index < -0.39 is 0 Å². The first-order chi connectivity index (χ1) is 7.74. The van der Waals surface area contributed by atoms with Gasteiger partial charge in [0.15, 0.2) is 0 Å². The summed E-state index contributed by atoms with van der Waals surface area (Å²) in [7, 11) is 0. The smallest absolute Gasteiger partial charge is 0.100 e. The van der Waals surface area contributed by atoms with Crippen LogP contribution in [0.4, 0.5) is 0 Å². The van der Waals surface area contributed by atoms with Gasteiger partial charge in [-0.15, -0.1) is 47.9 Å². The molecule has 0 fully saturated rings. The van der Waals surface area contributed by atoms with Crippen LogP contribution in [-0.4, -0.2) is 5.11 Å². The SMILES string of the molecule is CC1C=CC=C([CH-]c2ccc(O)cc2)C=C1.[Re]. The molecule has 0 aliphatic heterocycles. The molecule has 1 aliphatic carbocycles. The summed E-state index contributed by atoms with van der Waals surface area (Å²) in [5, 5.41) is 9.19. The van der Waals surface area contributed by atoms with Crippen molar-refractivity contribution in [1.82, 2.24) is 0 Å². The first kappa shape index (κ1) is 13.8. The van der Waals surface area contributed by atoms with Gasteiger partial charge in [0.1, 0.15) is 5.75 Å². The largest absolute Gasteiger partial charge is 0.509 e. The first-order valence-corrected chi connectivity index (χ1v) is 5.44. The zero-order chi connectivity index (χ0) is 11.4. The zero-order valence-electron chi connectivity index (χ0n) is 9.68. The van der Waals surface area contributed by atoms with Crippen LogP contribution in [0.2, 0.25) is 0 Å². The van der Waals surface area contributed by atoms with E-state index in [4.69, 9.17) is 0 Å². The van der Waals surface area contributed by atoms with E-state index in [1.54, 1.807) is 12.1 Å². The van der Waals surface area contributed by atoms with Gasteiger partial charge in [-0.2, -0.15) is 0 Å². The van der Waals surface area contributed by atoms with Gasteiger partial charge in [0.05, 0.1) is 0 Å². The molecular weight excluding hydrogens is 382 g/mol. The maximum atomic E-state index is 9.19. The molecule has 1 aromatic carbocycles. The van der Waals surface area contributed by atoms with Gasteiger partial charge in [-0.25, -0.2) is 0 Å². The predicted molar refractivity (Wildman–Crippen MR) is 67.0 cm³/mol. The third kappa shape index (κ3) is 4.26. The third-order valence-corrected chi connectivity index (χ3v) is 2.52. The Kier molecular flexibility index (Phi) is 5.29. The van der Waals surface area contributed by atoms with Crippen LogP contribution in [0.25, 0.3) is 0 Å². The fourth-order valence-corrected chi connectivity index (χ4v) is 1.58. The summed E-state index contributed by atoms with van der Waals surface area (Å²) in [6.45, 7) is 2.16. The van der Waals surface area contributed by atoms with Gasteiger partial charge in [0.25, 0.3) is 0 Å². The number of hydrogen-bond acceptors (Lipinski definition) is 1. The van der Waals surface area contributed by atoms with E-state index in [1.165, 1.54) is 5.57 Å². The van der Waals surface area contributed by atoms with E-state index in [0.29, 0.717) is 11.7 Å². The molecular formula is C15H15ORe-. The Morgan fingerprint density at radius 3 is 2.53 bits per heavy atom. The summed E-state index contributed by atoms with van der Waals surface area (Å²) in [5.74, 6) is 0.790. The van der Waals surface area contributed by atoms with E-state index in [1.807, 2.05) is 12.1 Å². The van der Waals surface area contributed by atoms with E-state index in [0.717, 1.165) is 5.56 Å². The van der Waals surface area contributed by atoms with E-state index in [2.05, 4.69) is 43.7 Å². The van der Waals surface area contributed by atoms with E-state index >= 15 is 0 Å². The number of rotatable bonds is 2. The first-order valence-electron chi connectivity index (χ1n) is 5.44. The Morgan fingerprint density at radius 2 is 1.82 bits per heavy atom. The van der Waals surface area contributed by atoms with Crippen molar-refractivity contribution in [3.8, 4) is 5.75 Å². The molecule has 0 saturated heterocycles. The Labute approximate surface area is 116 Å². The van der Waals surface area contributed by atoms with Crippen molar-refractivity contribution in [2.45, 2.75) is 6.92 Å². The number of aromatic hydroxyl groups is 1. The molecule has 0 aromatic heterocycles. The average molecular weight is 397 g/mol. The van der Waals surface area contributed by atoms with Crippen LogP contribution in [-0.2, 0) is 20.4 Å². The molecule has 1 N–H and O–H groups in total. The monoisotopic (exact) mass is 398 g/mol. The van der Waals surface area contributed by atoms with Crippen LogP contribution in [0.15, 0.2) is 60.2 Å². The zero-order valence-corrected chi connectivity index (χ0v) is 12.4. The van der Waals surface area contributed by atoms with Crippen LogP contribution >= 0.6 is 0 Å². The fourth-order valence-electron chi connectivity index (χ4n) is 1.58. The number of benzene rings is 1. The van der Waals surface area contributed by atoms with Crippen molar-refractivity contribution in [2.75, 3.05) is 0 Å². The minimum Gasteiger partial charge on any atom is -0.509 e. The molecule has 0 heterocycles. The molecule has 1 unspecified atom stereocenters. The topological polar surface area (TPSA) is 20.2 Å². The van der Waals surface area contributed by atoms with Crippen molar-refractivity contribution < 1.29 is 25.5 Å². The summed E-state index contributed by atoms with van der Waals surface area (Å²) < 4.78 is 0. The molecule has 1 atom stereocenters. The second kappa shape index (κ2) is 6.49. The molecule has 1 aliphatic rings. The van der Waals surface area contributed by atoms with Gasteiger partial charge >= 0.3 is 0 Å². The minimum absolute atomic E-state index is 0. The van der Waals surface area contributed by atoms with Crippen LogP contribution in [0.3, 0.4) is 0 Å². The Morgan fingerprint density at radius 1 is 1.12 bits per heavy atom. The normalized spacial score (nSPS) is 17.9. The van der Waals surface area contributed by atoms with Crippen molar-refractivity contribution in [3.05, 3.63) is 72.2 Å². The summed E-state index contributed by atoms with van der Waals surface area (Å²) in [5.41, 5.74) is 2.27. The third-order valence-electron chi connectivity index (χ3n) is 2.52. The molecule has 0 spiro atoms. The number of hydrogen-bond donors (Lipinski definition) is 1. The molecule has 2 heteroatoms. The average Bonchev–Trinajstić information content (AvgIpc) is 2.47. The number of allylic oxidation sites excluding steroid dienone is 6. The Bertz CT molecular complexity index is 440. The molecule has 0 saturated carbocycles. The molecule has 0 amide bonds. The van der Waals surface area contributed by atoms with Gasteiger partial charge in [0.2, 0.25) is 0 Å². The Hall–Kier alpha value is -1.23. The van der Waals surface area contributed by atoms with E-state index in [-0.39, 0.29) is 20.4 Å². The maximum absolute atomic E-state index is 9.19. The molecule has 17 heavy (non-hydrogen) atoms. The van der Waals surface area contributed by atoms with Gasteiger partial charge in [-0.1, -0.05) is 31.2 Å². The minimum atomic E-state index is 0. The van der Waals surface area contributed by atoms with Crippen molar-refractivity contribution in [3.63, 3.8) is 0 Å². The van der Waals surface area contributed by atoms with Crippen LogP contribution in [0.1, 0.15) is 12.5 Å². The number of phenolic OH excluding ortho intramolecular Hbond substituents is 1. The summed E-state index contributed by atoms with van der Waals surface area (Å²) >= 11 is 0. The summed E-state index contributed by atoms with van der Waals surface area (Å²) in [4.78, 5) is 0. The molecule has 1 radical (unpaired) electrons. The van der Waals surface area contributed by atoms with Gasteiger partial charge < -0.3 is 5.11 Å². The summed E-state index contributed by atoms with van der Waals surface area (Å²) in [6.07, 6.45) is 12.7. The second-order valence-corrected chi connectivity index (χ2v) is 4.01.